The van der Waals surface area contributed by atoms with Crippen LogP contribution in [0.25, 0.3) is 0 Å². The van der Waals surface area contributed by atoms with Crippen LogP contribution in [0.4, 0.5) is 0 Å². The van der Waals surface area contributed by atoms with Crippen molar-refractivity contribution in [2.75, 3.05) is 19.8 Å². The lowest BCUT2D eigenvalue weighted by atomic mass is 10.0. The summed E-state index contributed by atoms with van der Waals surface area (Å²) >= 11 is 0. The molecular formula is C10H22O2. The first-order valence-electron chi connectivity index (χ1n) is 4.89. The molecule has 0 aliphatic carbocycles. The Morgan fingerprint density at radius 3 is 2.42 bits per heavy atom. The van der Waals surface area contributed by atoms with Gasteiger partial charge in [0.2, 0.25) is 0 Å². The first-order chi connectivity index (χ1) is 5.70. The number of aliphatic hydroxyl groups excluding tert-OH is 1. The summed E-state index contributed by atoms with van der Waals surface area (Å²) in [7, 11) is 0. The van der Waals surface area contributed by atoms with E-state index in [0.29, 0.717) is 18.4 Å². The zero-order valence-electron chi connectivity index (χ0n) is 8.55. The van der Waals surface area contributed by atoms with E-state index in [0.717, 1.165) is 26.1 Å². The fourth-order valence-corrected chi connectivity index (χ4v) is 0.994. The molecular weight excluding hydrogens is 152 g/mol. The average molecular weight is 174 g/mol. The van der Waals surface area contributed by atoms with Crippen LogP contribution in [0.3, 0.4) is 0 Å². The van der Waals surface area contributed by atoms with E-state index in [1.807, 2.05) is 0 Å². The molecule has 1 atom stereocenters. The maximum atomic E-state index is 8.88. The van der Waals surface area contributed by atoms with Crippen molar-refractivity contribution in [3.05, 3.63) is 0 Å². The molecule has 2 heteroatoms. The summed E-state index contributed by atoms with van der Waals surface area (Å²) in [6.45, 7) is 8.30. The molecule has 0 bridgehead atoms. The summed E-state index contributed by atoms with van der Waals surface area (Å²) < 4.78 is 5.42. The summed E-state index contributed by atoms with van der Waals surface area (Å²) in [5.41, 5.74) is 0. The molecule has 0 aliphatic rings. The Hall–Kier alpha value is -0.0800. The van der Waals surface area contributed by atoms with Crippen molar-refractivity contribution >= 4 is 0 Å². The number of rotatable bonds is 7. The Balaban J connectivity index is 3.17. The molecule has 0 saturated carbocycles. The summed E-state index contributed by atoms with van der Waals surface area (Å²) in [6.07, 6.45) is 2.03. The van der Waals surface area contributed by atoms with Gasteiger partial charge in [-0.25, -0.2) is 0 Å². The van der Waals surface area contributed by atoms with Crippen LogP contribution in [0, 0.1) is 11.8 Å². The van der Waals surface area contributed by atoms with Gasteiger partial charge in [-0.05, 0) is 18.3 Å². The van der Waals surface area contributed by atoms with Crippen LogP contribution in [0.5, 0.6) is 0 Å². The van der Waals surface area contributed by atoms with Crippen LogP contribution in [0.1, 0.15) is 33.6 Å². The van der Waals surface area contributed by atoms with Crippen molar-refractivity contribution in [3.63, 3.8) is 0 Å². The summed E-state index contributed by atoms with van der Waals surface area (Å²) in [5, 5.41) is 8.88. The molecule has 2 nitrogen and oxygen atoms in total. The van der Waals surface area contributed by atoms with Crippen molar-refractivity contribution in [2.45, 2.75) is 33.6 Å². The second-order valence-electron chi connectivity index (χ2n) is 3.71. The second-order valence-corrected chi connectivity index (χ2v) is 3.71. The summed E-state index contributed by atoms with van der Waals surface area (Å²) in [6, 6.07) is 0. The Bertz CT molecular complexity index is 87.8. The Morgan fingerprint density at radius 1 is 1.33 bits per heavy atom. The fourth-order valence-electron chi connectivity index (χ4n) is 0.994. The van der Waals surface area contributed by atoms with Crippen LogP contribution in [-0.4, -0.2) is 24.9 Å². The molecule has 0 heterocycles. The van der Waals surface area contributed by atoms with Crippen molar-refractivity contribution in [1.29, 1.82) is 0 Å². The fraction of sp³-hybridized carbons (Fsp3) is 1.00. The lowest BCUT2D eigenvalue weighted by Crippen LogP contribution is -2.10. The highest BCUT2D eigenvalue weighted by Crippen LogP contribution is 2.07. The van der Waals surface area contributed by atoms with Crippen molar-refractivity contribution in [3.8, 4) is 0 Å². The maximum Gasteiger partial charge on any atom is 0.0488 e. The minimum atomic E-state index is 0.293. The minimum absolute atomic E-state index is 0.293. The quantitative estimate of drug-likeness (QED) is 0.599. The summed E-state index contributed by atoms with van der Waals surface area (Å²) in [4.78, 5) is 0. The molecule has 1 N–H and O–H groups in total. The average Bonchev–Trinajstić information content (AvgIpc) is 2.04. The molecule has 0 aromatic heterocycles. The molecule has 0 saturated heterocycles. The van der Waals surface area contributed by atoms with Crippen LogP contribution < -0.4 is 0 Å². The van der Waals surface area contributed by atoms with Gasteiger partial charge in [0.25, 0.3) is 0 Å². The molecule has 0 aromatic rings. The van der Waals surface area contributed by atoms with Gasteiger partial charge in [-0.2, -0.15) is 0 Å². The van der Waals surface area contributed by atoms with Gasteiger partial charge >= 0.3 is 0 Å². The van der Waals surface area contributed by atoms with E-state index in [-0.39, 0.29) is 0 Å². The Labute approximate surface area is 75.9 Å². The van der Waals surface area contributed by atoms with E-state index < -0.39 is 0 Å². The van der Waals surface area contributed by atoms with Crippen molar-refractivity contribution < 1.29 is 9.84 Å². The van der Waals surface area contributed by atoms with Gasteiger partial charge in [-0.15, -0.1) is 0 Å². The predicted octanol–water partition coefficient (Wildman–Crippen LogP) is 2.07. The summed E-state index contributed by atoms with van der Waals surface area (Å²) in [5.74, 6) is 1.04. The molecule has 0 amide bonds. The first-order valence-corrected chi connectivity index (χ1v) is 4.89. The van der Waals surface area contributed by atoms with Gasteiger partial charge in [0, 0.05) is 19.8 Å². The molecule has 0 fully saturated rings. The molecule has 0 aliphatic heterocycles. The normalized spacial score (nSPS) is 13.8. The van der Waals surface area contributed by atoms with E-state index in [4.69, 9.17) is 9.84 Å². The van der Waals surface area contributed by atoms with E-state index in [9.17, 15) is 0 Å². The van der Waals surface area contributed by atoms with E-state index in [1.54, 1.807) is 0 Å². The third-order valence-corrected chi connectivity index (χ3v) is 1.96. The SMILES string of the molecule is CCC(CO)CCOCC(C)C. The van der Waals surface area contributed by atoms with Crippen LogP contribution in [0.15, 0.2) is 0 Å². The third kappa shape index (κ3) is 6.62. The third-order valence-electron chi connectivity index (χ3n) is 1.96. The topological polar surface area (TPSA) is 29.5 Å². The predicted molar refractivity (Wildman–Crippen MR) is 51.1 cm³/mol. The molecule has 0 rings (SSSR count). The molecule has 0 aromatic carbocycles. The van der Waals surface area contributed by atoms with Crippen LogP contribution >= 0.6 is 0 Å². The van der Waals surface area contributed by atoms with Gasteiger partial charge in [0.1, 0.15) is 0 Å². The van der Waals surface area contributed by atoms with Crippen LogP contribution in [0.2, 0.25) is 0 Å². The van der Waals surface area contributed by atoms with E-state index in [2.05, 4.69) is 20.8 Å². The number of hydrogen-bond donors (Lipinski definition) is 1. The van der Waals surface area contributed by atoms with Gasteiger partial charge in [-0.1, -0.05) is 27.2 Å². The maximum absolute atomic E-state index is 8.88. The van der Waals surface area contributed by atoms with Crippen molar-refractivity contribution in [2.24, 2.45) is 11.8 Å². The molecule has 0 spiro atoms. The molecule has 12 heavy (non-hydrogen) atoms. The number of aliphatic hydroxyl groups is 1. The largest absolute Gasteiger partial charge is 0.396 e. The van der Waals surface area contributed by atoms with Crippen LogP contribution in [-0.2, 0) is 4.74 Å². The zero-order chi connectivity index (χ0) is 9.40. The molecule has 0 radical (unpaired) electrons. The van der Waals surface area contributed by atoms with Gasteiger partial charge in [0.05, 0.1) is 0 Å². The highest BCUT2D eigenvalue weighted by molar-refractivity contribution is 4.54. The van der Waals surface area contributed by atoms with E-state index in [1.165, 1.54) is 0 Å². The monoisotopic (exact) mass is 174 g/mol. The number of ether oxygens (including phenoxy) is 1. The highest BCUT2D eigenvalue weighted by Gasteiger charge is 2.03. The molecule has 1 unspecified atom stereocenters. The lowest BCUT2D eigenvalue weighted by Gasteiger charge is -2.12. The number of hydrogen-bond acceptors (Lipinski definition) is 2. The lowest BCUT2D eigenvalue weighted by molar-refractivity contribution is 0.0871. The second kappa shape index (κ2) is 7.56. The minimum Gasteiger partial charge on any atom is -0.396 e. The highest BCUT2D eigenvalue weighted by atomic mass is 16.5. The smallest absolute Gasteiger partial charge is 0.0488 e. The molecule has 74 valence electrons. The van der Waals surface area contributed by atoms with Gasteiger partial charge in [-0.3, -0.25) is 0 Å². The Morgan fingerprint density at radius 2 is 2.00 bits per heavy atom. The van der Waals surface area contributed by atoms with Gasteiger partial charge < -0.3 is 9.84 Å². The first kappa shape index (κ1) is 11.9. The van der Waals surface area contributed by atoms with Gasteiger partial charge in [0.15, 0.2) is 0 Å². The standard InChI is InChI=1S/C10H22O2/c1-4-10(7-11)5-6-12-8-9(2)3/h9-11H,4-8H2,1-3H3. The zero-order valence-corrected chi connectivity index (χ0v) is 8.55. The Kier molecular flexibility index (Phi) is 7.51. The van der Waals surface area contributed by atoms with E-state index >= 15 is 0 Å². The van der Waals surface area contributed by atoms with Crippen molar-refractivity contribution in [1.82, 2.24) is 0 Å².